The molecule has 0 amide bonds. The molecule has 0 fully saturated rings. The van der Waals surface area contributed by atoms with Gasteiger partial charge in [0.15, 0.2) is 5.96 Å². The second kappa shape index (κ2) is 9.86. The van der Waals surface area contributed by atoms with Crippen LogP contribution in [0.3, 0.4) is 0 Å². The Hall–Kier alpha value is -1.16. The molecule has 2 aromatic heterocycles. The highest BCUT2D eigenvalue weighted by atomic mass is 127. The number of aliphatic imine (C=N–C) groups is 1. The van der Waals surface area contributed by atoms with Crippen molar-refractivity contribution in [3.05, 3.63) is 34.0 Å². The van der Waals surface area contributed by atoms with Crippen molar-refractivity contribution in [3.8, 4) is 0 Å². The number of rotatable bonds is 6. The normalized spacial score (nSPS) is 11.4. The van der Waals surface area contributed by atoms with E-state index >= 15 is 0 Å². The van der Waals surface area contributed by atoms with Crippen molar-refractivity contribution < 1.29 is 0 Å². The Morgan fingerprint density at radius 3 is 2.74 bits per heavy atom. The van der Waals surface area contributed by atoms with E-state index < -0.39 is 0 Å². The maximum absolute atomic E-state index is 4.61. The highest BCUT2D eigenvalue weighted by Gasteiger charge is 2.06. The molecule has 0 spiro atoms. The fourth-order valence-corrected chi connectivity index (χ4v) is 2.82. The predicted molar refractivity (Wildman–Crippen MR) is 107 cm³/mol. The van der Waals surface area contributed by atoms with Crippen LogP contribution in [0.1, 0.15) is 36.0 Å². The van der Waals surface area contributed by atoms with Crippen molar-refractivity contribution in [2.75, 3.05) is 13.6 Å². The summed E-state index contributed by atoms with van der Waals surface area (Å²) in [5.41, 5.74) is 2.33. The van der Waals surface area contributed by atoms with Crippen molar-refractivity contribution in [1.82, 2.24) is 25.4 Å². The summed E-state index contributed by atoms with van der Waals surface area (Å²) >= 11 is 1.68. The van der Waals surface area contributed by atoms with E-state index in [2.05, 4.69) is 44.9 Å². The molecule has 8 heteroatoms. The minimum atomic E-state index is 0. The second-order valence-corrected chi connectivity index (χ2v) is 6.40. The van der Waals surface area contributed by atoms with Gasteiger partial charge in [-0.3, -0.25) is 9.67 Å². The number of aromatic nitrogens is 3. The average molecular weight is 448 g/mol. The first-order chi connectivity index (χ1) is 10.6. The summed E-state index contributed by atoms with van der Waals surface area (Å²) in [6.07, 6.45) is 3.89. The Morgan fingerprint density at radius 1 is 1.39 bits per heavy atom. The van der Waals surface area contributed by atoms with E-state index in [-0.39, 0.29) is 24.0 Å². The molecule has 2 rings (SSSR count). The van der Waals surface area contributed by atoms with Crippen LogP contribution in [0.2, 0.25) is 0 Å². The van der Waals surface area contributed by atoms with Gasteiger partial charge in [-0.2, -0.15) is 5.10 Å². The van der Waals surface area contributed by atoms with Gasteiger partial charge in [0.05, 0.1) is 25.0 Å². The van der Waals surface area contributed by atoms with E-state index in [0.717, 1.165) is 29.8 Å². The number of guanidine groups is 1. The molecule has 0 aromatic carbocycles. The topological polar surface area (TPSA) is 67.1 Å². The van der Waals surface area contributed by atoms with E-state index in [9.17, 15) is 0 Å². The van der Waals surface area contributed by atoms with Crippen molar-refractivity contribution in [1.29, 1.82) is 0 Å². The number of thiazole rings is 1. The highest BCUT2D eigenvalue weighted by Crippen LogP contribution is 2.17. The third-order valence-corrected chi connectivity index (χ3v) is 4.05. The molecule has 0 bridgehead atoms. The van der Waals surface area contributed by atoms with Crippen LogP contribution in [-0.4, -0.2) is 34.3 Å². The standard InChI is InChI=1S/C15H24N6S.HI/c1-11(2)13-10-22-14(20-13)8-18-15(16-4)17-5-6-21-9-12(3)7-19-21;/h7,9-11H,5-6,8H2,1-4H3,(H2,16,17,18);1H. The van der Waals surface area contributed by atoms with Gasteiger partial charge in [0.2, 0.25) is 0 Å². The summed E-state index contributed by atoms with van der Waals surface area (Å²) in [6.45, 7) is 8.63. The molecule has 0 saturated carbocycles. The van der Waals surface area contributed by atoms with E-state index in [0.29, 0.717) is 12.5 Å². The molecule has 0 saturated heterocycles. The Labute approximate surface area is 158 Å². The summed E-state index contributed by atoms with van der Waals surface area (Å²) in [7, 11) is 1.77. The minimum Gasteiger partial charge on any atom is -0.355 e. The van der Waals surface area contributed by atoms with Crippen molar-refractivity contribution in [3.63, 3.8) is 0 Å². The number of nitrogens with zero attached hydrogens (tertiary/aromatic N) is 4. The molecule has 2 heterocycles. The summed E-state index contributed by atoms with van der Waals surface area (Å²) in [4.78, 5) is 8.83. The van der Waals surface area contributed by atoms with Crippen LogP contribution >= 0.6 is 35.3 Å². The van der Waals surface area contributed by atoms with Gasteiger partial charge in [0, 0.05) is 25.2 Å². The van der Waals surface area contributed by atoms with Crippen molar-refractivity contribution >= 4 is 41.3 Å². The van der Waals surface area contributed by atoms with E-state index in [4.69, 9.17) is 0 Å². The van der Waals surface area contributed by atoms with E-state index in [1.165, 1.54) is 5.56 Å². The van der Waals surface area contributed by atoms with E-state index in [1.54, 1.807) is 18.4 Å². The zero-order valence-corrected chi connectivity index (χ0v) is 17.2. The van der Waals surface area contributed by atoms with Crippen LogP contribution in [0.5, 0.6) is 0 Å². The van der Waals surface area contributed by atoms with Gasteiger partial charge in [-0.25, -0.2) is 4.98 Å². The Balaban J connectivity index is 0.00000264. The van der Waals surface area contributed by atoms with Crippen LogP contribution in [0.15, 0.2) is 22.8 Å². The molecule has 0 radical (unpaired) electrons. The molecular weight excluding hydrogens is 423 g/mol. The molecule has 128 valence electrons. The van der Waals surface area contributed by atoms with Crippen LogP contribution in [-0.2, 0) is 13.1 Å². The Morgan fingerprint density at radius 2 is 2.17 bits per heavy atom. The summed E-state index contributed by atoms with van der Waals surface area (Å²) in [5, 5.41) is 14.0. The van der Waals surface area contributed by atoms with Gasteiger partial charge < -0.3 is 10.6 Å². The average Bonchev–Trinajstić information content (AvgIpc) is 3.11. The van der Waals surface area contributed by atoms with Crippen molar-refractivity contribution in [2.24, 2.45) is 4.99 Å². The highest BCUT2D eigenvalue weighted by molar-refractivity contribution is 14.0. The quantitative estimate of drug-likeness (QED) is 0.405. The number of hydrogen-bond donors (Lipinski definition) is 2. The van der Waals surface area contributed by atoms with Crippen LogP contribution in [0, 0.1) is 6.92 Å². The monoisotopic (exact) mass is 448 g/mol. The lowest BCUT2D eigenvalue weighted by Crippen LogP contribution is -2.38. The molecule has 0 atom stereocenters. The summed E-state index contributed by atoms with van der Waals surface area (Å²) < 4.78 is 1.92. The smallest absolute Gasteiger partial charge is 0.191 e. The maximum atomic E-state index is 4.61. The fourth-order valence-electron chi connectivity index (χ4n) is 1.93. The van der Waals surface area contributed by atoms with Gasteiger partial charge in [-0.05, 0) is 18.4 Å². The molecule has 6 nitrogen and oxygen atoms in total. The summed E-state index contributed by atoms with van der Waals surface area (Å²) in [6, 6.07) is 0. The zero-order chi connectivity index (χ0) is 15.9. The second-order valence-electron chi connectivity index (χ2n) is 5.45. The van der Waals surface area contributed by atoms with Crippen LogP contribution < -0.4 is 10.6 Å². The lowest BCUT2D eigenvalue weighted by molar-refractivity contribution is 0.597. The Kier molecular flexibility index (Phi) is 8.53. The zero-order valence-electron chi connectivity index (χ0n) is 14.0. The van der Waals surface area contributed by atoms with Gasteiger partial charge in [0.1, 0.15) is 5.01 Å². The number of halogens is 1. The first kappa shape index (κ1) is 19.9. The maximum Gasteiger partial charge on any atom is 0.191 e. The van der Waals surface area contributed by atoms with Crippen molar-refractivity contribution in [2.45, 2.75) is 39.8 Å². The van der Waals surface area contributed by atoms with Gasteiger partial charge in [-0.15, -0.1) is 35.3 Å². The molecule has 0 aliphatic carbocycles. The molecule has 23 heavy (non-hydrogen) atoms. The molecule has 0 aliphatic heterocycles. The number of hydrogen-bond acceptors (Lipinski definition) is 4. The Bertz CT molecular complexity index is 619. The SMILES string of the molecule is CN=C(NCCn1cc(C)cn1)NCc1nc(C(C)C)cs1.I. The van der Waals surface area contributed by atoms with Crippen LogP contribution in [0.4, 0.5) is 0 Å². The molecule has 2 aromatic rings. The van der Waals surface area contributed by atoms with Gasteiger partial charge in [-0.1, -0.05) is 13.8 Å². The molecule has 0 aliphatic rings. The largest absolute Gasteiger partial charge is 0.355 e. The third kappa shape index (κ3) is 6.46. The first-order valence-corrected chi connectivity index (χ1v) is 8.34. The summed E-state index contributed by atoms with van der Waals surface area (Å²) in [5.74, 6) is 1.25. The van der Waals surface area contributed by atoms with Gasteiger partial charge >= 0.3 is 0 Å². The lowest BCUT2D eigenvalue weighted by atomic mass is 10.2. The number of aryl methyl sites for hydroxylation is 1. The molecular formula is C15H25IN6S. The van der Waals surface area contributed by atoms with Gasteiger partial charge in [0.25, 0.3) is 0 Å². The first-order valence-electron chi connectivity index (χ1n) is 7.46. The predicted octanol–water partition coefficient (Wildman–Crippen LogP) is 2.75. The lowest BCUT2D eigenvalue weighted by Gasteiger charge is -2.10. The molecule has 0 unspecified atom stereocenters. The number of nitrogens with one attached hydrogen (secondary N) is 2. The van der Waals surface area contributed by atoms with E-state index in [1.807, 2.05) is 24.0 Å². The molecule has 2 N–H and O–H groups in total. The fraction of sp³-hybridized carbons (Fsp3) is 0.533. The third-order valence-electron chi connectivity index (χ3n) is 3.19. The minimum absolute atomic E-state index is 0. The van der Waals surface area contributed by atoms with Crippen LogP contribution in [0.25, 0.3) is 0 Å².